The molecule has 0 heterocycles. The van der Waals surface area contributed by atoms with Crippen LogP contribution in [0.25, 0.3) is 0 Å². The van der Waals surface area contributed by atoms with Crippen molar-refractivity contribution in [3.05, 3.63) is 5.92 Å². The molecule has 0 fully saturated rings. The molecule has 0 bridgehead atoms. The van der Waals surface area contributed by atoms with Crippen LogP contribution in [0.4, 0.5) is 0 Å². The molecular formula is C24H54N2+. The summed E-state index contributed by atoms with van der Waals surface area (Å²) in [7, 11) is 0. The SMILES string of the molecule is CCCC[N+](CCCC)(CCCC)CCCC.C[C](C)CNC(C)(C)C. The van der Waals surface area contributed by atoms with E-state index in [4.69, 9.17) is 0 Å². The van der Waals surface area contributed by atoms with E-state index in [1.54, 1.807) is 0 Å². The van der Waals surface area contributed by atoms with Crippen LogP contribution in [0.3, 0.4) is 0 Å². The summed E-state index contributed by atoms with van der Waals surface area (Å²) in [5.74, 6) is 1.44. The highest BCUT2D eigenvalue weighted by molar-refractivity contribution is 4.83. The number of hydrogen-bond donors (Lipinski definition) is 1. The van der Waals surface area contributed by atoms with Crippen LogP contribution >= 0.6 is 0 Å². The zero-order chi connectivity index (χ0) is 20.5. The highest BCUT2D eigenvalue weighted by Crippen LogP contribution is 2.16. The normalized spacial score (nSPS) is 12.2. The van der Waals surface area contributed by atoms with Gasteiger partial charge >= 0.3 is 0 Å². The Balaban J connectivity index is 0. The van der Waals surface area contributed by atoms with Gasteiger partial charge in [-0.05, 0) is 52.4 Å². The van der Waals surface area contributed by atoms with E-state index >= 15 is 0 Å². The van der Waals surface area contributed by atoms with E-state index < -0.39 is 0 Å². The molecule has 0 atom stereocenters. The summed E-state index contributed by atoms with van der Waals surface area (Å²) in [6.07, 6.45) is 11.1. The Kier molecular flexibility index (Phi) is 18.4. The van der Waals surface area contributed by atoms with Crippen LogP contribution in [0.2, 0.25) is 0 Å². The maximum absolute atomic E-state index is 3.38. The second kappa shape index (κ2) is 17.0. The van der Waals surface area contributed by atoms with Gasteiger partial charge in [0.15, 0.2) is 0 Å². The van der Waals surface area contributed by atoms with Gasteiger partial charge in [0.2, 0.25) is 0 Å². The molecule has 0 aromatic heterocycles. The minimum absolute atomic E-state index is 0.261. The number of nitrogens with one attached hydrogen (secondary N) is 1. The first-order valence-corrected chi connectivity index (χ1v) is 11.6. The van der Waals surface area contributed by atoms with Crippen molar-refractivity contribution >= 4 is 0 Å². The van der Waals surface area contributed by atoms with E-state index in [1.165, 1.54) is 87.9 Å². The lowest BCUT2D eigenvalue weighted by Crippen LogP contribution is -2.50. The van der Waals surface area contributed by atoms with E-state index in [2.05, 4.69) is 67.6 Å². The van der Waals surface area contributed by atoms with Crippen molar-refractivity contribution in [1.29, 1.82) is 0 Å². The number of nitrogens with zero attached hydrogens (tertiary/aromatic N) is 1. The first-order chi connectivity index (χ1) is 12.2. The standard InChI is InChI=1S/C16H36N.C8H18N/c1-5-9-13-17(14-10-6-2,15-11-7-3)16-12-8-4;1-7(2)6-9-8(3,4)5/h5-16H2,1-4H3;9H,6H2,1-5H3/q+1;. The molecule has 0 aliphatic heterocycles. The smallest absolute Gasteiger partial charge is 0.0786 e. The maximum Gasteiger partial charge on any atom is 0.0786 e. The van der Waals surface area contributed by atoms with Crippen molar-refractivity contribution in [2.24, 2.45) is 0 Å². The first-order valence-electron chi connectivity index (χ1n) is 11.6. The molecule has 1 N–H and O–H groups in total. The van der Waals surface area contributed by atoms with Crippen LogP contribution in [-0.4, -0.2) is 42.7 Å². The van der Waals surface area contributed by atoms with Crippen LogP contribution in [0, 0.1) is 5.92 Å². The molecular weight excluding hydrogens is 316 g/mol. The van der Waals surface area contributed by atoms with Gasteiger partial charge in [-0.15, -0.1) is 0 Å². The monoisotopic (exact) mass is 370 g/mol. The summed E-state index contributed by atoms with van der Waals surface area (Å²) in [4.78, 5) is 0. The van der Waals surface area contributed by atoms with E-state index in [0.717, 1.165) is 6.54 Å². The van der Waals surface area contributed by atoms with Crippen molar-refractivity contribution in [2.45, 2.75) is 119 Å². The Morgan fingerprint density at radius 1 is 0.654 bits per heavy atom. The summed E-state index contributed by atoms with van der Waals surface area (Å²) in [5, 5.41) is 3.38. The van der Waals surface area contributed by atoms with Crippen LogP contribution in [0.1, 0.15) is 114 Å². The summed E-state index contributed by atoms with van der Waals surface area (Å²) in [5.41, 5.74) is 0.261. The molecule has 0 unspecified atom stereocenters. The molecule has 0 aliphatic rings. The van der Waals surface area contributed by atoms with E-state index in [-0.39, 0.29) is 5.54 Å². The number of rotatable bonds is 14. The fraction of sp³-hybridized carbons (Fsp3) is 0.958. The molecule has 1 radical (unpaired) electrons. The minimum Gasteiger partial charge on any atom is -0.324 e. The zero-order valence-corrected chi connectivity index (χ0v) is 20.1. The summed E-state index contributed by atoms with van der Waals surface area (Å²) in [6.45, 7) is 26.9. The molecule has 0 rings (SSSR count). The predicted octanol–water partition coefficient (Wildman–Crippen LogP) is 6.99. The Morgan fingerprint density at radius 3 is 1.12 bits per heavy atom. The third-order valence-electron chi connectivity index (χ3n) is 4.92. The molecule has 0 aliphatic carbocycles. The average Bonchev–Trinajstić information content (AvgIpc) is 2.59. The van der Waals surface area contributed by atoms with Gasteiger partial charge in [0.05, 0.1) is 26.2 Å². The largest absolute Gasteiger partial charge is 0.324 e. The molecule has 0 amide bonds. The number of unbranched alkanes of at least 4 members (excludes halogenated alkanes) is 4. The van der Waals surface area contributed by atoms with Crippen molar-refractivity contribution in [1.82, 2.24) is 5.32 Å². The van der Waals surface area contributed by atoms with Gasteiger partial charge in [-0.1, -0.05) is 67.2 Å². The summed E-state index contributed by atoms with van der Waals surface area (Å²) < 4.78 is 1.42. The number of quaternary nitrogens is 1. The maximum atomic E-state index is 3.38. The lowest BCUT2D eigenvalue weighted by Gasteiger charge is -2.39. The molecule has 0 saturated heterocycles. The lowest BCUT2D eigenvalue weighted by molar-refractivity contribution is -0.929. The average molecular weight is 371 g/mol. The van der Waals surface area contributed by atoms with E-state index in [9.17, 15) is 0 Å². The molecule has 2 nitrogen and oxygen atoms in total. The Hall–Kier alpha value is -0.0800. The van der Waals surface area contributed by atoms with Gasteiger partial charge in [-0.2, -0.15) is 0 Å². The molecule has 0 spiro atoms. The van der Waals surface area contributed by atoms with Gasteiger partial charge in [0.1, 0.15) is 0 Å². The van der Waals surface area contributed by atoms with Gasteiger partial charge in [0, 0.05) is 12.1 Å². The Bertz CT molecular complexity index is 241. The van der Waals surface area contributed by atoms with Crippen molar-refractivity contribution < 1.29 is 4.48 Å². The lowest BCUT2D eigenvalue weighted by atomic mass is 10.1. The van der Waals surface area contributed by atoms with Crippen LogP contribution in [0.5, 0.6) is 0 Å². The molecule has 2 heteroatoms. The van der Waals surface area contributed by atoms with Crippen LogP contribution in [0.15, 0.2) is 0 Å². The zero-order valence-electron chi connectivity index (χ0n) is 20.1. The highest BCUT2D eigenvalue weighted by atomic mass is 15.3. The van der Waals surface area contributed by atoms with Gasteiger partial charge in [0.25, 0.3) is 0 Å². The molecule has 26 heavy (non-hydrogen) atoms. The van der Waals surface area contributed by atoms with Crippen LogP contribution < -0.4 is 5.32 Å². The topological polar surface area (TPSA) is 12.0 Å². The minimum atomic E-state index is 0.261. The van der Waals surface area contributed by atoms with Gasteiger partial charge < -0.3 is 9.80 Å². The second-order valence-corrected chi connectivity index (χ2v) is 9.46. The second-order valence-electron chi connectivity index (χ2n) is 9.46. The van der Waals surface area contributed by atoms with Crippen LogP contribution in [-0.2, 0) is 0 Å². The Morgan fingerprint density at radius 2 is 0.962 bits per heavy atom. The fourth-order valence-corrected chi connectivity index (χ4v) is 3.09. The third-order valence-corrected chi connectivity index (χ3v) is 4.92. The van der Waals surface area contributed by atoms with E-state index in [1.807, 2.05) is 0 Å². The van der Waals surface area contributed by atoms with Crippen molar-refractivity contribution in [3.63, 3.8) is 0 Å². The highest BCUT2D eigenvalue weighted by Gasteiger charge is 2.24. The number of hydrogen-bond acceptors (Lipinski definition) is 1. The first kappa shape index (κ1) is 28.1. The van der Waals surface area contributed by atoms with Crippen molar-refractivity contribution in [3.8, 4) is 0 Å². The summed E-state index contributed by atoms with van der Waals surface area (Å²) >= 11 is 0. The molecule has 0 aromatic rings. The van der Waals surface area contributed by atoms with Crippen molar-refractivity contribution in [2.75, 3.05) is 32.7 Å². The van der Waals surface area contributed by atoms with E-state index in [0.29, 0.717) is 0 Å². The molecule has 159 valence electrons. The molecule has 0 saturated carbocycles. The predicted molar refractivity (Wildman–Crippen MR) is 122 cm³/mol. The summed E-state index contributed by atoms with van der Waals surface area (Å²) in [6, 6.07) is 0. The quantitative estimate of drug-likeness (QED) is 0.325. The third kappa shape index (κ3) is 18.7. The van der Waals surface area contributed by atoms with Gasteiger partial charge in [-0.25, -0.2) is 0 Å². The fourth-order valence-electron chi connectivity index (χ4n) is 3.09. The molecule has 0 aromatic carbocycles. The van der Waals surface area contributed by atoms with Gasteiger partial charge in [-0.3, -0.25) is 0 Å². The Labute approximate surface area is 168 Å².